The molecule has 2 aliphatic rings. The number of hydrogen-bond acceptors (Lipinski definition) is 3. The summed E-state index contributed by atoms with van der Waals surface area (Å²) in [5.41, 5.74) is 2.36. The zero-order valence-electron chi connectivity index (χ0n) is 13.3. The SMILES string of the molecule is Cc1ccccc1NC(=S)N1CCN(C2CCSCC2)CC1. The van der Waals surface area contributed by atoms with Crippen LogP contribution in [0.1, 0.15) is 18.4 Å². The van der Waals surface area contributed by atoms with Gasteiger partial charge in [-0.15, -0.1) is 0 Å². The van der Waals surface area contributed by atoms with Crippen LogP contribution in [0.4, 0.5) is 5.69 Å². The van der Waals surface area contributed by atoms with E-state index in [4.69, 9.17) is 12.2 Å². The Morgan fingerprint density at radius 3 is 2.50 bits per heavy atom. The molecule has 1 aromatic rings. The van der Waals surface area contributed by atoms with Gasteiger partial charge in [0.2, 0.25) is 0 Å². The summed E-state index contributed by atoms with van der Waals surface area (Å²) in [6, 6.07) is 9.13. The van der Waals surface area contributed by atoms with E-state index < -0.39 is 0 Å². The quantitative estimate of drug-likeness (QED) is 0.834. The molecule has 0 saturated carbocycles. The number of thioether (sulfide) groups is 1. The van der Waals surface area contributed by atoms with Crippen LogP contribution >= 0.6 is 24.0 Å². The van der Waals surface area contributed by atoms with Gasteiger partial charge in [-0.2, -0.15) is 11.8 Å². The minimum atomic E-state index is 0.807. The van der Waals surface area contributed by atoms with Crippen LogP contribution in [0.15, 0.2) is 24.3 Å². The Bertz CT molecular complexity index is 506. The molecule has 0 atom stereocenters. The molecular weight excluding hydrogens is 310 g/mol. The Hall–Kier alpha value is -0.780. The largest absolute Gasteiger partial charge is 0.346 e. The predicted octanol–water partition coefficient (Wildman–Crippen LogP) is 3.21. The lowest BCUT2D eigenvalue weighted by Gasteiger charge is -2.41. The highest BCUT2D eigenvalue weighted by Crippen LogP contribution is 2.23. The van der Waals surface area contributed by atoms with Gasteiger partial charge >= 0.3 is 0 Å². The molecule has 3 rings (SSSR count). The fraction of sp³-hybridized carbons (Fsp3) is 0.588. The van der Waals surface area contributed by atoms with Gasteiger partial charge in [0.05, 0.1) is 0 Å². The van der Waals surface area contributed by atoms with E-state index in [1.165, 1.54) is 29.9 Å². The number of hydrogen-bond donors (Lipinski definition) is 1. The van der Waals surface area contributed by atoms with E-state index >= 15 is 0 Å². The van der Waals surface area contributed by atoms with Crippen molar-refractivity contribution >= 4 is 34.8 Å². The summed E-state index contributed by atoms with van der Waals surface area (Å²) in [5.74, 6) is 2.66. The molecule has 22 heavy (non-hydrogen) atoms. The molecule has 0 unspecified atom stereocenters. The standard InChI is InChI=1S/C17H25N3S2/c1-14-4-2-3-5-16(14)18-17(21)20-10-8-19(9-11-20)15-6-12-22-13-7-15/h2-5,15H,6-13H2,1H3,(H,18,21). The molecule has 0 bridgehead atoms. The van der Waals surface area contributed by atoms with E-state index in [1.807, 2.05) is 0 Å². The van der Waals surface area contributed by atoms with Gasteiger partial charge in [-0.3, -0.25) is 4.90 Å². The first-order valence-electron chi connectivity index (χ1n) is 8.17. The molecule has 0 radical (unpaired) electrons. The number of aryl methyl sites for hydroxylation is 1. The molecule has 3 nitrogen and oxygen atoms in total. The molecule has 1 aromatic carbocycles. The second-order valence-electron chi connectivity index (χ2n) is 6.11. The summed E-state index contributed by atoms with van der Waals surface area (Å²) in [5, 5.41) is 4.28. The molecule has 0 amide bonds. The fourth-order valence-corrected chi connectivity index (χ4v) is 4.62. The van der Waals surface area contributed by atoms with Gasteiger partial charge in [-0.1, -0.05) is 18.2 Å². The number of anilines is 1. The maximum Gasteiger partial charge on any atom is 0.173 e. The lowest BCUT2D eigenvalue weighted by molar-refractivity contribution is 0.126. The van der Waals surface area contributed by atoms with Crippen LogP contribution in [0.2, 0.25) is 0 Å². The molecule has 0 aromatic heterocycles. The van der Waals surface area contributed by atoms with Crippen molar-refractivity contribution in [3.8, 4) is 0 Å². The van der Waals surface area contributed by atoms with E-state index in [-0.39, 0.29) is 0 Å². The van der Waals surface area contributed by atoms with Crippen molar-refractivity contribution < 1.29 is 0 Å². The number of piperazine rings is 1. The monoisotopic (exact) mass is 335 g/mol. The fourth-order valence-electron chi connectivity index (χ4n) is 3.25. The molecular formula is C17H25N3S2. The van der Waals surface area contributed by atoms with Crippen molar-refractivity contribution in [1.29, 1.82) is 0 Å². The minimum Gasteiger partial charge on any atom is -0.346 e. The van der Waals surface area contributed by atoms with E-state index in [0.717, 1.165) is 43.0 Å². The van der Waals surface area contributed by atoms with E-state index in [1.54, 1.807) is 0 Å². The van der Waals surface area contributed by atoms with Gasteiger partial charge < -0.3 is 10.2 Å². The van der Waals surface area contributed by atoms with Crippen LogP contribution in [0.25, 0.3) is 0 Å². The third kappa shape index (κ3) is 3.94. The summed E-state index contributed by atoms with van der Waals surface area (Å²) in [6.45, 7) is 6.49. The molecule has 1 N–H and O–H groups in total. The topological polar surface area (TPSA) is 18.5 Å². The first-order valence-corrected chi connectivity index (χ1v) is 9.73. The van der Waals surface area contributed by atoms with E-state index in [2.05, 4.69) is 58.1 Å². The molecule has 0 aliphatic carbocycles. The zero-order chi connectivity index (χ0) is 15.4. The Balaban J connectivity index is 1.50. The highest BCUT2D eigenvalue weighted by molar-refractivity contribution is 7.99. The van der Waals surface area contributed by atoms with Gasteiger partial charge in [0.25, 0.3) is 0 Å². The van der Waals surface area contributed by atoms with Gasteiger partial charge in [-0.25, -0.2) is 0 Å². The molecule has 0 spiro atoms. The second kappa shape index (κ2) is 7.66. The average Bonchev–Trinajstić information content (AvgIpc) is 2.58. The van der Waals surface area contributed by atoms with E-state index in [0.29, 0.717) is 0 Å². The zero-order valence-corrected chi connectivity index (χ0v) is 14.9. The first-order chi connectivity index (χ1) is 10.7. The van der Waals surface area contributed by atoms with Gasteiger partial charge in [-0.05, 0) is 55.1 Å². The average molecular weight is 336 g/mol. The van der Waals surface area contributed by atoms with Crippen molar-refractivity contribution in [1.82, 2.24) is 9.80 Å². The maximum absolute atomic E-state index is 5.60. The molecule has 2 saturated heterocycles. The van der Waals surface area contributed by atoms with Crippen LogP contribution < -0.4 is 5.32 Å². The van der Waals surface area contributed by atoms with Crippen LogP contribution in [0.5, 0.6) is 0 Å². The molecule has 2 fully saturated rings. The van der Waals surface area contributed by atoms with Crippen molar-refractivity contribution in [3.05, 3.63) is 29.8 Å². The summed E-state index contributed by atoms with van der Waals surface area (Å²) in [4.78, 5) is 4.99. The van der Waals surface area contributed by atoms with Crippen LogP contribution in [0, 0.1) is 6.92 Å². The maximum atomic E-state index is 5.60. The molecule has 120 valence electrons. The Morgan fingerprint density at radius 2 is 1.82 bits per heavy atom. The Morgan fingerprint density at radius 1 is 1.14 bits per heavy atom. The minimum absolute atomic E-state index is 0.807. The van der Waals surface area contributed by atoms with Crippen LogP contribution in [-0.4, -0.2) is 58.6 Å². The molecule has 2 aliphatic heterocycles. The number of para-hydroxylation sites is 1. The van der Waals surface area contributed by atoms with E-state index in [9.17, 15) is 0 Å². The van der Waals surface area contributed by atoms with Crippen LogP contribution in [-0.2, 0) is 0 Å². The van der Waals surface area contributed by atoms with Crippen molar-refractivity contribution in [2.24, 2.45) is 0 Å². The summed E-state index contributed by atoms with van der Waals surface area (Å²) >= 11 is 7.71. The third-order valence-electron chi connectivity index (χ3n) is 4.70. The van der Waals surface area contributed by atoms with Gasteiger partial charge in [0, 0.05) is 37.9 Å². The number of nitrogens with zero attached hydrogens (tertiary/aromatic N) is 2. The number of rotatable bonds is 2. The van der Waals surface area contributed by atoms with Crippen LogP contribution in [0.3, 0.4) is 0 Å². The van der Waals surface area contributed by atoms with Crippen molar-refractivity contribution in [3.63, 3.8) is 0 Å². The Labute approximate surface area is 143 Å². The predicted molar refractivity (Wildman–Crippen MR) is 101 cm³/mol. The number of benzene rings is 1. The summed E-state index contributed by atoms with van der Waals surface area (Å²) in [6.07, 6.45) is 2.72. The summed E-state index contributed by atoms with van der Waals surface area (Å²) < 4.78 is 0. The second-order valence-corrected chi connectivity index (χ2v) is 7.72. The lowest BCUT2D eigenvalue weighted by atomic mass is 10.1. The normalized spacial score (nSPS) is 20.9. The number of nitrogens with one attached hydrogen (secondary N) is 1. The van der Waals surface area contributed by atoms with Crippen molar-refractivity contribution in [2.45, 2.75) is 25.8 Å². The van der Waals surface area contributed by atoms with Gasteiger partial charge in [0.15, 0.2) is 5.11 Å². The highest BCUT2D eigenvalue weighted by Gasteiger charge is 2.26. The smallest absolute Gasteiger partial charge is 0.173 e. The lowest BCUT2D eigenvalue weighted by Crippen LogP contribution is -2.53. The molecule has 2 heterocycles. The number of thiocarbonyl (C=S) groups is 1. The Kier molecular flexibility index (Phi) is 5.61. The first kappa shape index (κ1) is 16.1. The summed E-state index contributed by atoms with van der Waals surface area (Å²) in [7, 11) is 0. The molecule has 5 heteroatoms. The highest BCUT2D eigenvalue weighted by atomic mass is 32.2. The van der Waals surface area contributed by atoms with Gasteiger partial charge in [0.1, 0.15) is 0 Å². The van der Waals surface area contributed by atoms with Crippen molar-refractivity contribution in [2.75, 3.05) is 43.0 Å². The third-order valence-corrected chi connectivity index (χ3v) is 6.10.